The van der Waals surface area contributed by atoms with E-state index >= 15 is 0 Å². The van der Waals surface area contributed by atoms with E-state index in [0.29, 0.717) is 10.1 Å². The number of rotatable bonds is 3. The number of thioether (sulfide) groups is 1. The Labute approximate surface area is 136 Å². The molecular weight excluding hydrogens is 314 g/mol. The van der Waals surface area contributed by atoms with E-state index in [1.165, 1.54) is 12.1 Å². The van der Waals surface area contributed by atoms with Gasteiger partial charge in [-0.1, -0.05) is 42.5 Å². The summed E-state index contributed by atoms with van der Waals surface area (Å²) in [6.45, 7) is 0. The third kappa shape index (κ3) is 3.46. The number of nitrogens with one attached hydrogen (secondary N) is 1. The molecule has 0 saturated carbocycles. The second kappa shape index (κ2) is 6.45. The van der Waals surface area contributed by atoms with Gasteiger partial charge in [-0.15, -0.1) is 0 Å². The molecule has 2 aromatic carbocycles. The normalized spacial score (nSPS) is 17.5. The Morgan fingerprint density at radius 3 is 2.52 bits per heavy atom. The number of benzene rings is 2. The molecule has 2 aromatic rings. The summed E-state index contributed by atoms with van der Waals surface area (Å²) in [6, 6.07) is 15.6. The molecule has 6 nitrogen and oxygen atoms in total. The number of hydrogen-bond donors (Lipinski definition) is 1. The predicted octanol–water partition coefficient (Wildman–Crippen LogP) is 3.49. The largest absolute Gasteiger partial charge is 0.300 e. The van der Waals surface area contributed by atoms with Crippen molar-refractivity contribution in [3.63, 3.8) is 0 Å². The summed E-state index contributed by atoms with van der Waals surface area (Å²) in [7, 11) is 0. The Bertz CT molecular complexity index is 831. The molecule has 23 heavy (non-hydrogen) atoms. The SMILES string of the molecule is O=C1NC(=Nc2ccccc2[N+](=O)[O-])S/C1=C\c1ccccc1. The van der Waals surface area contributed by atoms with Crippen molar-refractivity contribution in [2.75, 3.05) is 0 Å². The summed E-state index contributed by atoms with van der Waals surface area (Å²) in [5.41, 5.74) is 1.01. The van der Waals surface area contributed by atoms with Crippen LogP contribution in [-0.4, -0.2) is 16.0 Å². The van der Waals surface area contributed by atoms with Crippen LogP contribution in [0.2, 0.25) is 0 Å². The van der Waals surface area contributed by atoms with E-state index in [-0.39, 0.29) is 17.3 Å². The predicted molar refractivity (Wildman–Crippen MR) is 90.3 cm³/mol. The summed E-state index contributed by atoms with van der Waals surface area (Å²) in [4.78, 5) is 27.2. The molecule has 1 aliphatic heterocycles. The summed E-state index contributed by atoms with van der Waals surface area (Å²) < 4.78 is 0. The number of amides is 1. The second-order valence-corrected chi connectivity index (χ2v) is 5.67. The van der Waals surface area contributed by atoms with Gasteiger partial charge < -0.3 is 5.32 Å². The van der Waals surface area contributed by atoms with Gasteiger partial charge in [-0.3, -0.25) is 14.9 Å². The minimum atomic E-state index is -0.498. The highest BCUT2D eigenvalue weighted by molar-refractivity contribution is 8.18. The first-order chi connectivity index (χ1) is 11.1. The molecule has 7 heteroatoms. The molecular formula is C16H11N3O3S. The van der Waals surface area contributed by atoms with Gasteiger partial charge in [0, 0.05) is 6.07 Å². The van der Waals surface area contributed by atoms with E-state index < -0.39 is 4.92 Å². The fraction of sp³-hybridized carbons (Fsp3) is 0. The molecule has 0 radical (unpaired) electrons. The topological polar surface area (TPSA) is 84.6 Å². The fourth-order valence-corrected chi connectivity index (χ4v) is 2.84. The number of amidine groups is 1. The molecule has 114 valence electrons. The third-order valence-corrected chi connectivity index (χ3v) is 3.96. The Kier molecular flexibility index (Phi) is 4.20. The number of carbonyl (C=O) groups excluding carboxylic acids is 1. The quantitative estimate of drug-likeness (QED) is 0.532. The van der Waals surface area contributed by atoms with Crippen LogP contribution in [0.15, 0.2) is 64.5 Å². The maximum atomic E-state index is 12.0. The first-order valence-electron chi connectivity index (χ1n) is 6.71. The van der Waals surface area contributed by atoms with Crippen molar-refractivity contribution in [2.45, 2.75) is 0 Å². The van der Waals surface area contributed by atoms with Gasteiger partial charge in [-0.05, 0) is 29.5 Å². The van der Waals surface area contributed by atoms with E-state index in [0.717, 1.165) is 17.3 Å². The van der Waals surface area contributed by atoms with Gasteiger partial charge in [0.15, 0.2) is 5.17 Å². The Morgan fingerprint density at radius 1 is 1.09 bits per heavy atom. The van der Waals surface area contributed by atoms with Crippen LogP contribution < -0.4 is 5.32 Å². The molecule has 1 N–H and O–H groups in total. The molecule has 3 rings (SSSR count). The maximum Gasteiger partial charge on any atom is 0.294 e. The monoisotopic (exact) mass is 325 g/mol. The Hall–Kier alpha value is -2.93. The average molecular weight is 325 g/mol. The number of nitro groups is 1. The maximum absolute atomic E-state index is 12.0. The Balaban J connectivity index is 1.88. The number of aliphatic imine (C=N–C) groups is 1. The van der Waals surface area contributed by atoms with Crippen molar-refractivity contribution in [3.05, 3.63) is 75.2 Å². The lowest BCUT2D eigenvalue weighted by Gasteiger charge is -1.98. The van der Waals surface area contributed by atoms with E-state index in [1.807, 2.05) is 30.3 Å². The van der Waals surface area contributed by atoms with Crippen LogP contribution in [-0.2, 0) is 4.79 Å². The lowest BCUT2D eigenvalue weighted by Crippen LogP contribution is -2.19. The van der Waals surface area contributed by atoms with Crippen LogP contribution in [0.25, 0.3) is 6.08 Å². The van der Waals surface area contributed by atoms with E-state index in [4.69, 9.17) is 0 Å². The van der Waals surface area contributed by atoms with Gasteiger partial charge in [0.1, 0.15) is 5.69 Å². The highest BCUT2D eigenvalue weighted by Gasteiger charge is 2.24. The Morgan fingerprint density at radius 2 is 1.78 bits per heavy atom. The van der Waals surface area contributed by atoms with Crippen LogP contribution in [0.1, 0.15) is 5.56 Å². The summed E-state index contributed by atoms with van der Waals surface area (Å²) >= 11 is 1.16. The minimum absolute atomic E-state index is 0.102. The lowest BCUT2D eigenvalue weighted by molar-refractivity contribution is -0.384. The van der Waals surface area contributed by atoms with Crippen LogP contribution in [0.4, 0.5) is 11.4 Å². The van der Waals surface area contributed by atoms with E-state index in [9.17, 15) is 14.9 Å². The third-order valence-electron chi connectivity index (χ3n) is 3.05. The van der Waals surface area contributed by atoms with Crippen molar-refractivity contribution < 1.29 is 9.72 Å². The summed E-state index contributed by atoms with van der Waals surface area (Å²) in [6.07, 6.45) is 1.75. The molecule has 1 fully saturated rings. The highest BCUT2D eigenvalue weighted by atomic mass is 32.2. The van der Waals surface area contributed by atoms with Gasteiger partial charge in [0.2, 0.25) is 0 Å². The first-order valence-corrected chi connectivity index (χ1v) is 7.53. The summed E-state index contributed by atoms with van der Waals surface area (Å²) in [5, 5.41) is 13.9. The van der Waals surface area contributed by atoms with E-state index in [2.05, 4.69) is 10.3 Å². The van der Waals surface area contributed by atoms with Gasteiger partial charge >= 0.3 is 0 Å². The van der Waals surface area contributed by atoms with Crippen molar-refractivity contribution in [2.24, 2.45) is 4.99 Å². The molecule has 1 heterocycles. The average Bonchev–Trinajstić information content (AvgIpc) is 2.88. The van der Waals surface area contributed by atoms with Gasteiger partial charge in [0.25, 0.3) is 11.6 Å². The standard InChI is InChI=1S/C16H11N3O3S/c20-15-14(10-11-6-2-1-3-7-11)23-16(18-15)17-12-8-4-5-9-13(12)19(21)22/h1-10H,(H,17,18,20)/b14-10-. The number of carbonyl (C=O) groups is 1. The van der Waals surface area contributed by atoms with Crippen LogP contribution >= 0.6 is 11.8 Å². The zero-order chi connectivity index (χ0) is 16.2. The molecule has 1 amide bonds. The van der Waals surface area contributed by atoms with Crippen LogP contribution in [0.5, 0.6) is 0 Å². The van der Waals surface area contributed by atoms with Gasteiger partial charge in [0.05, 0.1) is 9.83 Å². The first kappa shape index (κ1) is 15.0. The van der Waals surface area contributed by atoms with Crippen LogP contribution in [0, 0.1) is 10.1 Å². The highest BCUT2D eigenvalue weighted by Crippen LogP contribution is 2.31. The molecule has 1 saturated heterocycles. The van der Waals surface area contributed by atoms with Gasteiger partial charge in [-0.2, -0.15) is 0 Å². The molecule has 0 spiro atoms. The summed E-state index contributed by atoms with van der Waals surface area (Å²) in [5.74, 6) is -0.267. The zero-order valence-corrected chi connectivity index (χ0v) is 12.6. The molecule has 1 aliphatic rings. The number of nitrogens with zero attached hydrogens (tertiary/aromatic N) is 2. The molecule has 0 aliphatic carbocycles. The lowest BCUT2D eigenvalue weighted by atomic mass is 10.2. The second-order valence-electron chi connectivity index (χ2n) is 4.64. The number of hydrogen-bond acceptors (Lipinski definition) is 5. The van der Waals surface area contributed by atoms with Crippen molar-refractivity contribution >= 4 is 40.3 Å². The smallest absolute Gasteiger partial charge is 0.294 e. The fourth-order valence-electron chi connectivity index (χ4n) is 2.00. The van der Waals surface area contributed by atoms with Crippen LogP contribution in [0.3, 0.4) is 0 Å². The zero-order valence-electron chi connectivity index (χ0n) is 11.8. The molecule has 0 atom stereocenters. The molecule has 0 bridgehead atoms. The van der Waals surface area contributed by atoms with Gasteiger partial charge in [-0.25, -0.2) is 4.99 Å². The molecule has 0 unspecified atom stereocenters. The number of para-hydroxylation sites is 2. The molecule has 0 aromatic heterocycles. The van der Waals surface area contributed by atoms with E-state index in [1.54, 1.807) is 18.2 Å². The number of nitro benzene ring substituents is 1. The van der Waals surface area contributed by atoms with Crippen molar-refractivity contribution in [1.82, 2.24) is 5.32 Å². The van der Waals surface area contributed by atoms with Crippen molar-refractivity contribution in [3.8, 4) is 0 Å². The van der Waals surface area contributed by atoms with Crippen molar-refractivity contribution in [1.29, 1.82) is 0 Å². The minimum Gasteiger partial charge on any atom is -0.300 e.